The second-order valence-electron chi connectivity index (χ2n) is 5.48. The van der Waals surface area contributed by atoms with Crippen LogP contribution in [-0.2, 0) is 0 Å². The van der Waals surface area contributed by atoms with E-state index in [0.29, 0.717) is 12.5 Å². The van der Waals surface area contributed by atoms with Gasteiger partial charge in [-0.15, -0.1) is 0 Å². The van der Waals surface area contributed by atoms with E-state index in [-0.39, 0.29) is 12.1 Å². The number of nitrogens with one attached hydrogen (secondary N) is 1. The zero-order valence-corrected chi connectivity index (χ0v) is 11.7. The fourth-order valence-electron chi connectivity index (χ4n) is 2.58. The average Bonchev–Trinajstić information content (AvgIpc) is 2.39. The Hall–Kier alpha value is -1.55. The fourth-order valence-corrected chi connectivity index (χ4v) is 2.58. The van der Waals surface area contributed by atoms with Gasteiger partial charge in [-0.25, -0.2) is 4.79 Å². The molecule has 0 bridgehead atoms. The highest BCUT2D eigenvalue weighted by Gasteiger charge is 2.28. The molecule has 0 spiro atoms. The summed E-state index contributed by atoms with van der Waals surface area (Å²) >= 11 is 0. The first-order valence-corrected chi connectivity index (χ1v) is 6.94. The molecule has 2 atom stereocenters. The van der Waals surface area contributed by atoms with Crippen molar-refractivity contribution < 1.29 is 4.79 Å². The molecule has 2 amide bonds. The van der Waals surface area contributed by atoms with Crippen LogP contribution in [0.1, 0.15) is 25.3 Å². The Morgan fingerprint density at radius 1 is 1.47 bits per heavy atom. The summed E-state index contributed by atoms with van der Waals surface area (Å²) in [4.78, 5) is 14.2. The molecular weight excluding hydrogens is 238 g/mol. The number of benzene rings is 1. The number of aryl methyl sites for hydroxylation is 1. The standard InChI is InChI=1S/C15H23N3O/c1-11-4-3-5-14(8-11)17-15(19)18-10-13(9-16)7-6-12(18)2/h3-5,8,12-13H,6-7,9-10,16H2,1-2H3,(H,17,19). The molecule has 1 aromatic rings. The molecule has 1 aliphatic heterocycles. The van der Waals surface area contributed by atoms with Gasteiger partial charge in [0.1, 0.15) is 0 Å². The highest BCUT2D eigenvalue weighted by molar-refractivity contribution is 5.89. The lowest BCUT2D eigenvalue weighted by molar-refractivity contribution is 0.144. The van der Waals surface area contributed by atoms with Crippen LogP contribution in [0.15, 0.2) is 24.3 Å². The molecular formula is C15H23N3O. The lowest BCUT2D eigenvalue weighted by Gasteiger charge is -2.37. The van der Waals surface area contributed by atoms with Crippen LogP contribution in [0.4, 0.5) is 10.5 Å². The summed E-state index contributed by atoms with van der Waals surface area (Å²) in [5.41, 5.74) is 7.72. The molecule has 2 unspecified atom stereocenters. The van der Waals surface area contributed by atoms with Gasteiger partial charge in [0.15, 0.2) is 0 Å². The van der Waals surface area contributed by atoms with Crippen LogP contribution in [0.25, 0.3) is 0 Å². The topological polar surface area (TPSA) is 58.4 Å². The van der Waals surface area contributed by atoms with Gasteiger partial charge in [-0.05, 0) is 56.8 Å². The number of amides is 2. The first-order chi connectivity index (χ1) is 9.10. The highest BCUT2D eigenvalue weighted by Crippen LogP contribution is 2.22. The maximum atomic E-state index is 12.3. The van der Waals surface area contributed by atoms with Crippen LogP contribution >= 0.6 is 0 Å². The Bertz CT molecular complexity index is 447. The van der Waals surface area contributed by atoms with Crippen molar-refractivity contribution >= 4 is 11.7 Å². The van der Waals surface area contributed by atoms with Crippen LogP contribution in [0, 0.1) is 12.8 Å². The number of nitrogens with two attached hydrogens (primary N) is 1. The van der Waals surface area contributed by atoms with Gasteiger partial charge in [-0.1, -0.05) is 12.1 Å². The number of hydrogen-bond donors (Lipinski definition) is 2. The smallest absolute Gasteiger partial charge is 0.322 e. The molecule has 2 rings (SSSR count). The van der Waals surface area contributed by atoms with E-state index >= 15 is 0 Å². The number of hydrogen-bond acceptors (Lipinski definition) is 2. The molecule has 3 N–H and O–H groups in total. The zero-order valence-electron chi connectivity index (χ0n) is 11.7. The fraction of sp³-hybridized carbons (Fsp3) is 0.533. The van der Waals surface area contributed by atoms with Crippen molar-refractivity contribution in [3.05, 3.63) is 29.8 Å². The van der Waals surface area contributed by atoms with Gasteiger partial charge >= 0.3 is 6.03 Å². The number of carbonyl (C=O) groups is 1. The van der Waals surface area contributed by atoms with Crippen molar-refractivity contribution in [3.63, 3.8) is 0 Å². The number of nitrogens with zero attached hydrogens (tertiary/aromatic N) is 1. The maximum Gasteiger partial charge on any atom is 0.322 e. The first-order valence-electron chi connectivity index (χ1n) is 6.94. The van der Waals surface area contributed by atoms with Crippen molar-refractivity contribution in [2.45, 2.75) is 32.7 Å². The van der Waals surface area contributed by atoms with E-state index in [1.165, 1.54) is 0 Å². The van der Waals surface area contributed by atoms with Gasteiger partial charge in [-0.2, -0.15) is 0 Å². The van der Waals surface area contributed by atoms with Crippen molar-refractivity contribution in [1.29, 1.82) is 0 Å². The molecule has 4 nitrogen and oxygen atoms in total. The monoisotopic (exact) mass is 261 g/mol. The molecule has 1 fully saturated rings. The van der Waals surface area contributed by atoms with E-state index in [1.54, 1.807) is 0 Å². The number of rotatable bonds is 2. The molecule has 0 radical (unpaired) electrons. The second-order valence-corrected chi connectivity index (χ2v) is 5.48. The minimum atomic E-state index is -0.0174. The molecule has 0 saturated carbocycles. The SMILES string of the molecule is Cc1cccc(NC(=O)N2CC(CN)CCC2C)c1. The minimum Gasteiger partial charge on any atom is -0.330 e. The molecule has 0 aromatic heterocycles. The third kappa shape index (κ3) is 3.47. The molecule has 104 valence electrons. The van der Waals surface area contributed by atoms with Crippen molar-refractivity contribution in [2.24, 2.45) is 11.7 Å². The number of urea groups is 1. The molecule has 0 aliphatic carbocycles. The molecule has 1 aliphatic rings. The lowest BCUT2D eigenvalue weighted by Crippen LogP contribution is -2.48. The predicted molar refractivity (Wildman–Crippen MR) is 78.1 cm³/mol. The number of anilines is 1. The summed E-state index contributed by atoms with van der Waals surface area (Å²) in [6.45, 7) is 5.53. The molecule has 1 heterocycles. The van der Waals surface area contributed by atoms with Crippen molar-refractivity contribution in [2.75, 3.05) is 18.4 Å². The van der Waals surface area contributed by atoms with E-state index in [4.69, 9.17) is 5.73 Å². The number of carbonyl (C=O) groups excluding carboxylic acids is 1. The molecule has 19 heavy (non-hydrogen) atoms. The van der Waals surface area contributed by atoms with Gasteiger partial charge in [0.05, 0.1) is 0 Å². The summed E-state index contributed by atoms with van der Waals surface area (Å²) in [5.74, 6) is 0.430. The first kappa shape index (κ1) is 13.9. The van der Waals surface area contributed by atoms with E-state index in [1.807, 2.05) is 36.1 Å². The number of likely N-dealkylation sites (tertiary alicyclic amines) is 1. The molecule has 4 heteroatoms. The Labute approximate surface area is 115 Å². The van der Waals surface area contributed by atoms with Gasteiger partial charge in [0, 0.05) is 18.3 Å². The Morgan fingerprint density at radius 2 is 2.26 bits per heavy atom. The molecule has 1 aromatic carbocycles. The quantitative estimate of drug-likeness (QED) is 0.859. The Balaban J connectivity index is 2.02. The summed E-state index contributed by atoms with van der Waals surface area (Å²) in [6, 6.07) is 8.13. The summed E-state index contributed by atoms with van der Waals surface area (Å²) in [5, 5.41) is 2.97. The van der Waals surface area contributed by atoms with Gasteiger partial charge < -0.3 is 16.0 Å². The lowest BCUT2D eigenvalue weighted by atomic mass is 9.94. The van der Waals surface area contributed by atoms with Crippen molar-refractivity contribution in [3.8, 4) is 0 Å². The van der Waals surface area contributed by atoms with Crippen LogP contribution in [0.2, 0.25) is 0 Å². The van der Waals surface area contributed by atoms with Gasteiger partial charge in [0.2, 0.25) is 0 Å². The zero-order chi connectivity index (χ0) is 13.8. The Morgan fingerprint density at radius 3 is 2.95 bits per heavy atom. The van der Waals surface area contributed by atoms with Gasteiger partial charge in [-0.3, -0.25) is 0 Å². The number of piperidine rings is 1. The minimum absolute atomic E-state index is 0.0174. The summed E-state index contributed by atoms with van der Waals surface area (Å²) < 4.78 is 0. The van der Waals surface area contributed by atoms with Crippen LogP contribution in [-0.4, -0.2) is 30.1 Å². The predicted octanol–water partition coefficient (Wildman–Crippen LogP) is 2.59. The largest absolute Gasteiger partial charge is 0.330 e. The third-order valence-corrected chi connectivity index (χ3v) is 3.84. The van der Waals surface area contributed by atoms with Crippen molar-refractivity contribution in [1.82, 2.24) is 4.90 Å². The van der Waals surface area contributed by atoms with E-state index in [2.05, 4.69) is 12.2 Å². The summed E-state index contributed by atoms with van der Waals surface area (Å²) in [7, 11) is 0. The van der Waals surface area contributed by atoms with Crippen LogP contribution in [0.5, 0.6) is 0 Å². The van der Waals surface area contributed by atoms with Crippen LogP contribution in [0.3, 0.4) is 0 Å². The van der Waals surface area contributed by atoms with E-state index in [9.17, 15) is 4.79 Å². The highest BCUT2D eigenvalue weighted by atomic mass is 16.2. The average molecular weight is 261 g/mol. The third-order valence-electron chi connectivity index (χ3n) is 3.84. The summed E-state index contributed by atoms with van der Waals surface area (Å²) in [6.07, 6.45) is 2.15. The van der Waals surface area contributed by atoms with Crippen LogP contribution < -0.4 is 11.1 Å². The molecule has 1 saturated heterocycles. The van der Waals surface area contributed by atoms with Gasteiger partial charge in [0.25, 0.3) is 0 Å². The Kier molecular flexibility index (Phi) is 4.43. The second kappa shape index (κ2) is 6.06. The normalized spacial score (nSPS) is 23.2. The maximum absolute atomic E-state index is 12.3. The van der Waals surface area contributed by atoms with E-state index < -0.39 is 0 Å². The van der Waals surface area contributed by atoms with E-state index in [0.717, 1.165) is 30.6 Å².